The Morgan fingerprint density at radius 3 is 2.29 bits per heavy atom. The van der Waals surface area contributed by atoms with Gasteiger partial charge in [-0.2, -0.15) is 0 Å². The van der Waals surface area contributed by atoms with Crippen molar-refractivity contribution in [1.29, 1.82) is 0 Å². The van der Waals surface area contributed by atoms with Crippen molar-refractivity contribution in [3.63, 3.8) is 0 Å². The Balaban J connectivity index is 2.10. The lowest BCUT2D eigenvalue weighted by molar-refractivity contribution is 0.578. The Bertz CT molecular complexity index is 691. The van der Waals surface area contributed by atoms with Crippen LogP contribution in [0.2, 0.25) is 0 Å². The van der Waals surface area contributed by atoms with Gasteiger partial charge in [0.25, 0.3) is 0 Å². The van der Waals surface area contributed by atoms with E-state index in [-0.39, 0.29) is 10.8 Å². The molecule has 0 aliphatic heterocycles. The molecule has 2 rings (SSSR count). The van der Waals surface area contributed by atoms with Gasteiger partial charge in [-0.05, 0) is 24.6 Å². The van der Waals surface area contributed by atoms with Crippen LogP contribution in [0.25, 0.3) is 0 Å². The first-order valence-corrected chi connectivity index (χ1v) is 8.25. The summed E-state index contributed by atoms with van der Waals surface area (Å²) >= 11 is 0. The summed E-state index contributed by atoms with van der Waals surface area (Å²) in [5, 5.41) is 0. The van der Waals surface area contributed by atoms with E-state index in [1.54, 1.807) is 30.3 Å². The molecular formula is C17H19NO2S. The molecular weight excluding hydrogens is 282 g/mol. The number of hydrogen-bond acceptors (Lipinski definition) is 2. The van der Waals surface area contributed by atoms with E-state index < -0.39 is 10.0 Å². The summed E-state index contributed by atoms with van der Waals surface area (Å²) in [6.45, 7) is 6.01. The third kappa shape index (κ3) is 4.03. The second-order valence-electron chi connectivity index (χ2n) is 4.92. The number of nitrogens with one attached hydrogen (secondary N) is 1. The van der Waals surface area contributed by atoms with Gasteiger partial charge in [-0.1, -0.05) is 54.1 Å². The van der Waals surface area contributed by atoms with Crippen molar-refractivity contribution < 1.29 is 8.42 Å². The normalized spacial score (nSPS) is 12.8. The first-order chi connectivity index (χ1) is 10.0. The van der Waals surface area contributed by atoms with Crippen molar-refractivity contribution in [2.24, 2.45) is 0 Å². The number of hydrogen-bond donors (Lipinski definition) is 1. The number of sulfonamides is 1. The van der Waals surface area contributed by atoms with Gasteiger partial charge >= 0.3 is 0 Å². The predicted octanol–water partition coefficient (Wildman–Crippen LogP) is 3.24. The Morgan fingerprint density at radius 1 is 1.10 bits per heavy atom. The fourth-order valence-electron chi connectivity index (χ4n) is 2.04. The number of benzene rings is 2. The molecule has 21 heavy (non-hydrogen) atoms. The molecule has 4 heteroatoms. The highest BCUT2D eigenvalue weighted by Gasteiger charge is 2.16. The molecule has 0 amide bonds. The van der Waals surface area contributed by atoms with Crippen LogP contribution in [0.3, 0.4) is 0 Å². The molecule has 1 atom stereocenters. The van der Waals surface area contributed by atoms with Crippen molar-refractivity contribution >= 4 is 10.0 Å². The van der Waals surface area contributed by atoms with Gasteiger partial charge in [-0.3, -0.25) is 0 Å². The molecule has 1 N–H and O–H groups in total. The lowest BCUT2D eigenvalue weighted by atomic mass is 10.00. The SMILES string of the molecule is C=CC(CNS(=O)(=O)c1ccc(C)cc1)c1ccccc1. The van der Waals surface area contributed by atoms with Gasteiger partial charge in [0.1, 0.15) is 0 Å². The monoisotopic (exact) mass is 301 g/mol. The van der Waals surface area contributed by atoms with Crippen LogP contribution in [0.4, 0.5) is 0 Å². The lowest BCUT2D eigenvalue weighted by Gasteiger charge is -2.14. The summed E-state index contributed by atoms with van der Waals surface area (Å²) in [6, 6.07) is 16.5. The van der Waals surface area contributed by atoms with Gasteiger partial charge in [0, 0.05) is 12.5 Å². The molecule has 0 radical (unpaired) electrons. The van der Waals surface area contributed by atoms with E-state index in [0.29, 0.717) is 6.54 Å². The molecule has 1 unspecified atom stereocenters. The zero-order valence-electron chi connectivity index (χ0n) is 12.0. The van der Waals surface area contributed by atoms with Crippen LogP contribution in [-0.2, 0) is 10.0 Å². The van der Waals surface area contributed by atoms with Gasteiger partial charge in [-0.15, -0.1) is 6.58 Å². The molecule has 0 saturated heterocycles. The van der Waals surface area contributed by atoms with Crippen LogP contribution in [-0.4, -0.2) is 15.0 Å². The molecule has 2 aromatic carbocycles. The maximum atomic E-state index is 12.2. The molecule has 0 aliphatic rings. The largest absolute Gasteiger partial charge is 0.240 e. The lowest BCUT2D eigenvalue weighted by Crippen LogP contribution is -2.28. The zero-order valence-corrected chi connectivity index (χ0v) is 12.8. The molecule has 0 aliphatic carbocycles. The summed E-state index contributed by atoms with van der Waals surface area (Å²) < 4.78 is 27.1. The minimum atomic E-state index is -3.49. The highest BCUT2D eigenvalue weighted by atomic mass is 32.2. The number of rotatable bonds is 6. The highest BCUT2D eigenvalue weighted by Crippen LogP contribution is 2.17. The Labute approximate surface area is 126 Å². The first kappa shape index (κ1) is 15.5. The minimum absolute atomic E-state index is 0.0496. The van der Waals surface area contributed by atoms with Gasteiger partial charge in [-0.25, -0.2) is 13.1 Å². The minimum Gasteiger partial charge on any atom is -0.210 e. The average molecular weight is 301 g/mol. The van der Waals surface area contributed by atoms with Gasteiger partial charge in [0.2, 0.25) is 10.0 Å². The third-order valence-corrected chi connectivity index (χ3v) is 4.78. The van der Waals surface area contributed by atoms with E-state index in [9.17, 15) is 8.42 Å². The first-order valence-electron chi connectivity index (χ1n) is 6.77. The predicted molar refractivity (Wildman–Crippen MR) is 85.7 cm³/mol. The summed E-state index contributed by atoms with van der Waals surface area (Å²) in [7, 11) is -3.49. The maximum absolute atomic E-state index is 12.2. The number of aryl methyl sites for hydroxylation is 1. The molecule has 110 valence electrons. The Morgan fingerprint density at radius 2 is 1.71 bits per heavy atom. The summed E-state index contributed by atoms with van der Waals surface area (Å²) in [4.78, 5) is 0.281. The highest BCUT2D eigenvalue weighted by molar-refractivity contribution is 7.89. The van der Waals surface area contributed by atoms with Crippen molar-refractivity contribution in [3.8, 4) is 0 Å². The molecule has 0 saturated carbocycles. The average Bonchev–Trinajstić information content (AvgIpc) is 2.49. The maximum Gasteiger partial charge on any atom is 0.240 e. The third-order valence-electron chi connectivity index (χ3n) is 3.34. The molecule has 0 aromatic heterocycles. The van der Waals surface area contributed by atoms with Gasteiger partial charge in [0.15, 0.2) is 0 Å². The standard InChI is InChI=1S/C17H19NO2S/c1-3-15(16-7-5-4-6-8-16)13-18-21(19,20)17-11-9-14(2)10-12-17/h3-12,15,18H,1,13H2,2H3. The van der Waals surface area contributed by atoms with E-state index in [4.69, 9.17) is 0 Å². The second kappa shape index (κ2) is 6.70. The quantitative estimate of drug-likeness (QED) is 0.833. The van der Waals surface area contributed by atoms with Crippen LogP contribution < -0.4 is 4.72 Å². The van der Waals surface area contributed by atoms with Crippen LogP contribution in [0, 0.1) is 6.92 Å². The molecule has 0 fully saturated rings. The van der Waals surface area contributed by atoms with E-state index >= 15 is 0 Å². The molecule has 0 heterocycles. The summed E-state index contributed by atoms with van der Waals surface area (Å²) in [5.74, 6) is -0.0496. The van der Waals surface area contributed by atoms with Gasteiger partial charge < -0.3 is 0 Å². The van der Waals surface area contributed by atoms with Crippen LogP contribution in [0.15, 0.2) is 72.1 Å². The molecule has 3 nitrogen and oxygen atoms in total. The fourth-order valence-corrected chi connectivity index (χ4v) is 3.10. The summed E-state index contributed by atoms with van der Waals surface area (Å²) in [6.07, 6.45) is 1.76. The smallest absolute Gasteiger partial charge is 0.210 e. The Kier molecular flexibility index (Phi) is 4.94. The van der Waals surface area contributed by atoms with E-state index in [1.165, 1.54) is 0 Å². The topological polar surface area (TPSA) is 46.2 Å². The molecule has 0 bridgehead atoms. The van der Waals surface area contributed by atoms with Crippen LogP contribution in [0.5, 0.6) is 0 Å². The van der Waals surface area contributed by atoms with E-state index in [1.807, 2.05) is 37.3 Å². The van der Waals surface area contributed by atoms with Crippen molar-refractivity contribution in [2.75, 3.05) is 6.54 Å². The van der Waals surface area contributed by atoms with Crippen LogP contribution in [0.1, 0.15) is 17.0 Å². The Hall–Kier alpha value is -1.91. The van der Waals surface area contributed by atoms with E-state index in [2.05, 4.69) is 11.3 Å². The van der Waals surface area contributed by atoms with Crippen molar-refractivity contribution in [3.05, 3.63) is 78.4 Å². The van der Waals surface area contributed by atoms with Gasteiger partial charge in [0.05, 0.1) is 4.90 Å². The summed E-state index contributed by atoms with van der Waals surface area (Å²) in [5.41, 5.74) is 2.07. The van der Waals surface area contributed by atoms with Crippen LogP contribution >= 0.6 is 0 Å². The molecule has 2 aromatic rings. The zero-order chi connectivity index (χ0) is 15.3. The van der Waals surface area contributed by atoms with Crippen molar-refractivity contribution in [2.45, 2.75) is 17.7 Å². The fraction of sp³-hybridized carbons (Fsp3) is 0.176. The molecule has 0 spiro atoms. The van der Waals surface area contributed by atoms with E-state index in [0.717, 1.165) is 11.1 Å². The second-order valence-corrected chi connectivity index (χ2v) is 6.68. The van der Waals surface area contributed by atoms with Crippen molar-refractivity contribution in [1.82, 2.24) is 4.72 Å².